The first-order valence-electron chi connectivity index (χ1n) is 13.2. The van der Waals surface area contributed by atoms with Gasteiger partial charge >= 0.3 is 12.2 Å². The van der Waals surface area contributed by atoms with Gasteiger partial charge in [-0.2, -0.15) is 0 Å². The lowest BCUT2D eigenvalue weighted by molar-refractivity contribution is -0.143. The minimum atomic E-state index is -1.43. The number of halogens is 2. The van der Waals surface area contributed by atoms with Crippen LogP contribution in [0.2, 0.25) is 0 Å². The van der Waals surface area contributed by atoms with Gasteiger partial charge in [0.05, 0.1) is 6.04 Å². The van der Waals surface area contributed by atoms with Crippen LogP contribution in [-0.2, 0) is 37.6 Å². The van der Waals surface area contributed by atoms with E-state index in [1.54, 1.807) is 54.8 Å². The second-order valence-corrected chi connectivity index (χ2v) is 12.3. The molecule has 11 heteroatoms. The SMILES string of the molecule is CC(C)(C)OC(=O)N1CCC(N(Cc2ccc(F)cc2)C(=O)CN2C(=O)OC3(CCc4cc(Br)ccc43)C2=O)C1. The first-order valence-corrected chi connectivity index (χ1v) is 14.0. The van der Waals surface area contributed by atoms with Gasteiger partial charge in [0.15, 0.2) is 0 Å². The minimum Gasteiger partial charge on any atom is -0.444 e. The van der Waals surface area contributed by atoms with Crippen LogP contribution in [0.15, 0.2) is 46.9 Å². The van der Waals surface area contributed by atoms with E-state index in [1.807, 2.05) is 6.07 Å². The number of likely N-dealkylation sites (tertiary alicyclic amines) is 1. The maximum atomic E-state index is 13.8. The molecular formula is C29H31BrFN3O6. The van der Waals surface area contributed by atoms with E-state index in [-0.39, 0.29) is 13.1 Å². The zero-order valence-electron chi connectivity index (χ0n) is 22.6. The second kappa shape index (κ2) is 10.5. The fraction of sp³-hybridized carbons (Fsp3) is 0.448. The third-order valence-electron chi connectivity index (χ3n) is 7.46. The Morgan fingerprint density at radius 1 is 1.18 bits per heavy atom. The van der Waals surface area contributed by atoms with Gasteiger partial charge in [0.2, 0.25) is 11.5 Å². The van der Waals surface area contributed by atoms with E-state index < -0.39 is 53.6 Å². The highest BCUT2D eigenvalue weighted by Gasteiger charge is 2.58. The normalized spacial score (nSPS) is 22.1. The fourth-order valence-corrected chi connectivity index (χ4v) is 5.95. The van der Waals surface area contributed by atoms with Gasteiger partial charge in [0, 0.05) is 36.1 Å². The molecule has 5 rings (SSSR count). The molecule has 2 fully saturated rings. The molecule has 4 amide bonds. The van der Waals surface area contributed by atoms with E-state index in [1.165, 1.54) is 12.1 Å². The molecule has 212 valence electrons. The molecule has 1 aliphatic carbocycles. The molecule has 2 aliphatic heterocycles. The number of hydrogen-bond acceptors (Lipinski definition) is 6. The Morgan fingerprint density at radius 3 is 2.60 bits per heavy atom. The zero-order chi connectivity index (χ0) is 28.8. The lowest BCUT2D eigenvalue weighted by Gasteiger charge is -2.31. The largest absolute Gasteiger partial charge is 0.444 e. The summed E-state index contributed by atoms with van der Waals surface area (Å²) in [7, 11) is 0. The number of hydrogen-bond donors (Lipinski definition) is 0. The number of benzene rings is 2. The van der Waals surface area contributed by atoms with E-state index >= 15 is 0 Å². The summed E-state index contributed by atoms with van der Waals surface area (Å²) in [5, 5.41) is 0. The molecule has 2 saturated heterocycles. The van der Waals surface area contributed by atoms with E-state index in [0.29, 0.717) is 36.9 Å². The summed E-state index contributed by atoms with van der Waals surface area (Å²) < 4.78 is 25.6. The molecule has 0 N–H and O–H groups in total. The molecule has 0 saturated carbocycles. The highest BCUT2D eigenvalue weighted by Crippen LogP contribution is 2.46. The Bertz CT molecular complexity index is 1360. The van der Waals surface area contributed by atoms with Crippen LogP contribution in [0.25, 0.3) is 0 Å². The summed E-state index contributed by atoms with van der Waals surface area (Å²) in [6.07, 6.45) is 0.0143. The van der Waals surface area contributed by atoms with Crippen molar-refractivity contribution in [3.63, 3.8) is 0 Å². The van der Waals surface area contributed by atoms with Crippen molar-refractivity contribution in [2.24, 2.45) is 0 Å². The van der Waals surface area contributed by atoms with Gasteiger partial charge in [-0.15, -0.1) is 0 Å². The van der Waals surface area contributed by atoms with Crippen molar-refractivity contribution in [3.05, 3.63) is 69.4 Å². The molecule has 0 radical (unpaired) electrons. The summed E-state index contributed by atoms with van der Waals surface area (Å²) in [6, 6.07) is 10.8. The third-order valence-corrected chi connectivity index (χ3v) is 7.95. The molecule has 9 nitrogen and oxygen atoms in total. The summed E-state index contributed by atoms with van der Waals surface area (Å²) in [4.78, 5) is 57.0. The van der Waals surface area contributed by atoms with Gasteiger partial charge in [-0.1, -0.05) is 34.1 Å². The van der Waals surface area contributed by atoms with Crippen molar-refractivity contribution in [2.45, 2.75) is 63.8 Å². The van der Waals surface area contributed by atoms with Gasteiger partial charge in [-0.25, -0.2) is 18.9 Å². The summed E-state index contributed by atoms with van der Waals surface area (Å²) in [5.74, 6) is -1.44. The molecule has 3 aliphatic rings. The van der Waals surface area contributed by atoms with E-state index in [0.717, 1.165) is 14.9 Å². The highest BCUT2D eigenvalue weighted by molar-refractivity contribution is 9.10. The van der Waals surface area contributed by atoms with Crippen molar-refractivity contribution in [1.82, 2.24) is 14.7 Å². The maximum Gasteiger partial charge on any atom is 0.418 e. The minimum absolute atomic E-state index is 0.116. The lowest BCUT2D eigenvalue weighted by Crippen LogP contribution is -2.48. The van der Waals surface area contributed by atoms with Crippen LogP contribution in [0.3, 0.4) is 0 Å². The predicted octanol–water partition coefficient (Wildman–Crippen LogP) is 4.75. The fourth-order valence-electron chi connectivity index (χ4n) is 5.54. The van der Waals surface area contributed by atoms with Crippen molar-refractivity contribution >= 4 is 39.9 Å². The van der Waals surface area contributed by atoms with Crippen molar-refractivity contribution in [3.8, 4) is 0 Å². The first kappa shape index (κ1) is 28.1. The van der Waals surface area contributed by atoms with Gasteiger partial charge in [0.1, 0.15) is 18.0 Å². The maximum absolute atomic E-state index is 13.8. The quantitative estimate of drug-likeness (QED) is 0.482. The van der Waals surface area contributed by atoms with Crippen LogP contribution in [0, 0.1) is 5.82 Å². The Hall–Kier alpha value is -3.47. The summed E-state index contributed by atoms with van der Waals surface area (Å²) in [5.41, 5.74) is 0.120. The summed E-state index contributed by atoms with van der Waals surface area (Å²) >= 11 is 3.43. The molecule has 40 heavy (non-hydrogen) atoms. The Balaban J connectivity index is 1.36. The number of rotatable bonds is 5. The van der Waals surface area contributed by atoms with Crippen molar-refractivity contribution in [1.29, 1.82) is 0 Å². The number of carbonyl (C=O) groups is 4. The number of amides is 4. The molecule has 2 aromatic rings. The Kier molecular flexibility index (Phi) is 7.37. The molecule has 0 aromatic heterocycles. The monoisotopic (exact) mass is 615 g/mol. The van der Waals surface area contributed by atoms with Crippen molar-refractivity contribution < 1.29 is 33.0 Å². The standard InChI is InChI=1S/C29H31BrFN3O6/c1-28(2,3)39-26(37)32-13-11-22(16-32)33(15-18-4-7-21(31)8-5-18)24(35)17-34-25(36)29(40-27(34)38)12-10-19-14-20(30)6-9-23(19)29/h4-9,14,22H,10-13,15-17H2,1-3H3. The molecule has 2 heterocycles. The number of aryl methyl sites for hydroxylation is 1. The number of fused-ring (bicyclic) bond motifs is 2. The lowest BCUT2D eigenvalue weighted by atomic mass is 9.95. The third kappa shape index (κ3) is 5.43. The van der Waals surface area contributed by atoms with E-state index in [2.05, 4.69) is 15.9 Å². The number of nitrogens with zero attached hydrogens (tertiary/aromatic N) is 3. The molecule has 1 spiro atoms. The van der Waals surface area contributed by atoms with E-state index in [9.17, 15) is 23.6 Å². The van der Waals surface area contributed by atoms with Gasteiger partial charge in [0.25, 0.3) is 5.91 Å². The smallest absolute Gasteiger partial charge is 0.418 e. The number of carbonyl (C=O) groups excluding carboxylic acids is 4. The number of imide groups is 1. The predicted molar refractivity (Wildman–Crippen MR) is 145 cm³/mol. The Morgan fingerprint density at radius 2 is 1.90 bits per heavy atom. The highest BCUT2D eigenvalue weighted by atomic mass is 79.9. The van der Waals surface area contributed by atoms with Crippen molar-refractivity contribution in [2.75, 3.05) is 19.6 Å². The van der Waals surface area contributed by atoms with Crippen LogP contribution in [0.1, 0.15) is 50.3 Å². The summed E-state index contributed by atoms with van der Waals surface area (Å²) in [6.45, 7) is 5.57. The topological polar surface area (TPSA) is 96.5 Å². The second-order valence-electron chi connectivity index (χ2n) is 11.4. The van der Waals surface area contributed by atoms with Crippen LogP contribution >= 0.6 is 15.9 Å². The molecule has 2 aromatic carbocycles. The average Bonchev–Trinajstić information content (AvgIpc) is 3.56. The molecule has 2 atom stereocenters. The van der Waals surface area contributed by atoms with Gasteiger partial charge < -0.3 is 19.3 Å². The first-order chi connectivity index (χ1) is 18.9. The van der Waals surface area contributed by atoms with Crippen LogP contribution in [-0.4, -0.2) is 70.0 Å². The van der Waals surface area contributed by atoms with Crippen LogP contribution in [0.5, 0.6) is 0 Å². The van der Waals surface area contributed by atoms with Gasteiger partial charge in [-0.05, 0) is 69.0 Å². The van der Waals surface area contributed by atoms with Crippen LogP contribution < -0.4 is 0 Å². The number of ether oxygens (including phenoxy) is 2. The molecule has 2 unspecified atom stereocenters. The van der Waals surface area contributed by atoms with E-state index in [4.69, 9.17) is 9.47 Å². The van der Waals surface area contributed by atoms with Crippen LogP contribution in [0.4, 0.5) is 14.0 Å². The van der Waals surface area contributed by atoms with Gasteiger partial charge in [-0.3, -0.25) is 9.59 Å². The average molecular weight is 616 g/mol. The Labute approximate surface area is 240 Å². The zero-order valence-corrected chi connectivity index (χ0v) is 24.2. The molecule has 0 bridgehead atoms. The molecular weight excluding hydrogens is 585 g/mol.